The van der Waals surface area contributed by atoms with Gasteiger partial charge in [-0.3, -0.25) is 0 Å². The molecule has 1 aromatic carbocycles. The predicted molar refractivity (Wildman–Crippen MR) is 132 cm³/mol. The van der Waals surface area contributed by atoms with E-state index < -0.39 is 0 Å². The molecule has 4 rings (SSSR count). The number of benzene rings is 1. The molecule has 0 aliphatic heterocycles. The SMILES string of the molecule is C/C=C\C1=C(C)CC(NCc2ccc(Nc3ncc4cnn(C(CC)CC)c4n3)cc2)C1. The summed E-state index contributed by atoms with van der Waals surface area (Å²) in [6.07, 6.45) is 12.4. The van der Waals surface area contributed by atoms with Crippen molar-refractivity contribution in [3.8, 4) is 0 Å². The van der Waals surface area contributed by atoms with Crippen molar-refractivity contribution in [3.63, 3.8) is 0 Å². The second-order valence-corrected chi connectivity index (χ2v) is 8.65. The fourth-order valence-electron chi connectivity index (χ4n) is 4.46. The fraction of sp³-hybridized carbons (Fsp3) is 0.423. The van der Waals surface area contributed by atoms with Crippen molar-refractivity contribution >= 4 is 22.7 Å². The van der Waals surface area contributed by atoms with Gasteiger partial charge in [0.15, 0.2) is 5.65 Å². The van der Waals surface area contributed by atoms with Crippen LogP contribution in [0.4, 0.5) is 11.6 Å². The smallest absolute Gasteiger partial charge is 0.229 e. The van der Waals surface area contributed by atoms with E-state index in [1.54, 1.807) is 0 Å². The first-order valence-electron chi connectivity index (χ1n) is 11.7. The predicted octanol–water partition coefficient (Wildman–Crippen LogP) is 6.08. The van der Waals surface area contributed by atoms with E-state index in [1.807, 2.05) is 17.1 Å². The average Bonchev–Trinajstić information content (AvgIpc) is 3.38. The Balaban J connectivity index is 1.38. The van der Waals surface area contributed by atoms with E-state index in [-0.39, 0.29) is 0 Å². The number of hydrogen-bond donors (Lipinski definition) is 2. The third-order valence-electron chi connectivity index (χ3n) is 6.36. The van der Waals surface area contributed by atoms with Crippen LogP contribution in [0.15, 0.2) is 60.0 Å². The van der Waals surface area contributed by atoms with Gasteiger partial charge in [-0.25, -0.2) is 9.67 Å². The fourth-order valence-corrected chi connectivity index (χ4v) is 4.46. The van der Waals surface area contributed by atoms with E-state index in [9.17, 15) is 0 Å². The second-order valence-electron chi connectivity index (χ2n) is 8.65. The molecule has 6 nitrogen and oxygen atoms in total. The molecule has 1 unspecified atom stereocenters. The van der Waals surface area contributed by atoms with Gasteiger partial charge in [-0.1, -0.05) is 43.7 Å². The molecule has 2 N–H and O–H groups in total. The van der Waals surface area contributed by atoms with Crippen LogP contribution in [0.25, 0.3) is 11.0 Å². The molecule has 3 aromatic rings. The summed E-state index contributed by atoms with van der Waals surface area (Å²) >= 11 is 0. The molecule has 0 bridgehead atoms. The van der Waals surface area contributed by atoms with Crippen molar-refractivity contribution in [1.82, 2.24) is 25.1 Å². The van der Waals surface area contributed by atoms with Gasteiger partial charge in [0.1, 0.15) is 0 Å². The minimum absolute atomic E-state index is 0.356. The molecule has 2 heterocycles. The van der Waals surface area contributed by atoms with Crippen molar-refractivity contribution in [2.75, 3.05) is 5.32 Å². The number of nitrogens with zero attached hydrogens (tertiary/aromatic N) is 4. The summed E-state index contributed by atoms with van der Waals surface area (Å²) in [6, 6.07) is 9.38. The summed E-state index contributed by atoms with van der Waals surface area (Å²) in [6.45, 7) is 9.57. The Labute approximate surface area is 190 Å². The van der Waals surface area contributed by atoms with Crippen LogP contribution < -0.4 is 10.6 Å². The van der Waals surface area contributed by atoms with Gasteiger partial charge in [0.25, 0.3) is 0 Å². The lowest BCUT2D eigenvalue weighted by atomic mass is 10.1. The molecular weight excluding hydrogens is 396 g/mol. The van der Waals surface area contributed by atoms with Crippen molar-refractivity contribution < 1.29 is 0 Å². The Hall–Kier alpha value is -2.99. The average molecular weight is 431 g/mol. The lowest BCUT2D eigenvalue weighted by molar-refractivity contribution is 0.439. The van der Waals surface area contributed by atoms with Gasteiger partial charge in [0.05, 0.1) is 17.6 Å². The van der Waals surface area contributed by atoms with E-state index in [0.717, 1.165) is 48.9 Å². The molecule has 32 heavy (non-hydrogen) atoms. The highest BCUT2D eigenvalue weighted by molar-refractivity contribution is 5.75. The van der Waals surface area contributed by atoms with Gasteiger partial charge >= 0.3 is 0 Å². The van der Waals surface area contributed by atoms with Gasteiger partial charge in [0, 0.05) is 24.5 Å². The molecule has 0 spiro atoms. The zero-order valence-electron chi connectivity index (χ0n) is 19.6. The van der Waals surface area contributed by atoms with Crippen molar-refractivity contribution in [1.29, 1.82) is 0 Å². The summed E-state index contributed by atoms with van der Waals surface area (Å²) in [7, 11) is 0. The van der Waals surface area contributed by atoms with Gasteiger partial charge in [-0.15, -0.1) is 0 Å². The topological polar surface area (TPSA) is 67.7 Å². The Morgan fingerprint density at radius 3 is 2.62 bits per heavy atom. The molecule has 1 aliphatic carbocycles. The first-order valence-corrected chi connectivity index (χ1v) is 11.7. The lowest BCUT2D eigenvalue weighted by Gasteiger charge is -2.14. The van der Waals surface area contributed by atoms with E-state index in [0.29, 0.717) is 18.0 Å². The minimum Gasteiger partial charge on any atom is -0.324 e. The number of aromatic nitrogens is 4. The molecule has 1 atom stereocenters. The molecule has 6 heteroatoms. The van der Waals surface area contributed by atoms with Crippen LogP contribution in [0.1, 0.15) is 65.0 Å². The quantitative estimate of drug-likeness (QED) is 0.431. The highest BCUT2D eigenvalue weighted by Gasteiger charge is 2.19. The van der Waals surface area contributed by atoms with Gasteiger partial charge < -0.3 is 10.6 Å². The molecular formula is C26H34N6. The molecule has 0 radical (unpaired) electrons. The first kappa shape index (κ1) is 22.2. The van der Waals surface area contributed by atoms with Crippen LogP contribution >= 0.6 is 0 Å². The van der Waals surface area contributed by atoms with Crippen LogP contribution in [-0.2, 0) is 6.54 Å². The normalized spacial score (nSPS) is 16.7. The minimum atomic E-state index is 0.356. The molecule has 168 valence electrons. The Kier molecular flexibility index (Phi) is 7.00. The zero-order chi connectivity index (χ0) is 22.5. The number of allylic oxidation sites excluding steroid dienone is 2. The maximum atomic E-state index is 4.74. The number of rotatable bonds is 9. The van der Waals surface area contributed by atoms with Crippen molar-refractivity contribution in [2.24, 2.45) is 0 Å². The summed E-state index contributed by atoms with van der Waals surface area (Å²) in [4.78, 5) is 9.21. The maximum absolute atomic E-state index is 4.74. The Bertz CT molecular complexity index is 1110. The van der Waals surface area contributed by atoms with E-state index in [4.69, 9.17) is 4.98 Å². The molecule has 2 aromatic heterocycles. The van der Waals surface area contributed by atoms with Gasteiger partial charge in [0.2, 0.25) is 5.95 Å². The first-order chi connectivity index (χ1) is 15.6. The van der Waals surface area contributed by atoms with Crippen LogP contribution in [0.5, 0.6) is 0 Å². The van der Waals surface area contributed by atoms with Crippen LogP contribution in [0.2, 0.25) is 0 Å². The molecule has 0 fully saturated rings. The largest absolute Gasteiger partial charge is 0.324 e. The van der Waals surface area contributed by atoms with E-state index >= 15 is 0 Å². The van der Waals surface area contributed by atoms with Crippen molar-refractivity contribution in [3.05, 3.63) is 65.5 Å². The summed E-state index contributed by atoms with van der Waals surface area (Å²) in [5, 5.41) is 12.6. The number of fused-ring (bicyclic) bond motifs is 1. The Morgan fingerprint density at radius 2 is 1.91 bits per heavy atom. The van der Waals surface area contributed by atoms with Gasteiger partial charge in [-0.2, -0.15) is 10.1 Å². The third-order valence-corrected chi connectivity index (χ3v) is 6.36. The molecule has 0 amide bonds. The van der Waals surface area contributed by atoms with Crippen LogP contribution in [0, 0.1) is 0 Å². The molecule has 1 aliphatic rings. The number of hydrogen-bond acceptors (Lipinski definition) is 5. The van der Waals surface area contributed by atoms with Crippen molar-refractivity contribution in [2.45, 2.75) is 72.0 Å². The Morgan fingerprint density at radius 1 is 1.12 bits per heavy atom. The second kappa shape index (κ2) is 10.1. The highest BCUT2D eigenvalue weighted by Crippen LogP contribution is 2.27. The monoisotopic (exact) mass is 430 g/mol. The summed E-state index contributed by atoms with van der Waals surface area (Å²) in [5.41, 5.74) is 6.12. The summed E-state index contributed by atoms with van der Waals surface area (Å²) < 4.78 is 2.03. The highest BCUT2D eigenvalue weighted by atomic mass is 15.3. The van der Waals surface area contributed by atoms with E-state index in [1.165, 1.54) is 16.7 Å². The summed E-state index contributed by atoms with van der Waals surface area (Å²) in [5.74, 6) is 0.597. The molecule has 0 saturated carbocycles. The maximum Gasteiger partial charge on any atom is 0.229 e. The van der Waals surface area contributed by atoms with Gasteiger partial charge in [-0.05, 0) is 62.8 Å². The van der Waals surface area contributed by atoms with Crippen LogP contribution in [0.3, 0.4) is 0 Å². The zero-order valence-corrected chi connectivity index (χ0v) is 19.6. The molecule has 0 saturated heterocycles. The number of nitrogens with one attached hydrogen (secondary N) is 2. The van der Waals surface area contributed by atoms with Crippen LogP contribution in [-0.4, -0.2) is 25.8 Å². The standard InChI is InChI=1S/C26H34N6/c1-5-8-20-14-23(13-18(20)4)27-15-19-9-11-22(12-10-19)30-26-28-16-21-17-29-32(25(21)31-26)24(6-2)7-3/h5,8-12,16-17,23-24,27H,6-7,13-15H2,1-4H3,(H,28,30,31)/b8-5-. The van der Waals surface area contributed by atoms with E-state index in [2.05, 4.69) is 84.8 Å². The lowest BCUT2D eigenvalue weighted by Crippen LogP contribution is -2.26. The number of anilines is 2. The third kappa shape index (κ3) is 4.91.